The number of allylic oxidation sites excluding steroid dienone is 1. The van der Waals surface area contributed by atoms with Gasteiger partial charge in [-0.05, 0) is 44.0 Å². The molecule has 0 amide bonds. The maximum atomic E-state index is 12.0. The first-order valence-electron chi connectivity index (χ1n) is 7.88. The smallest absolute Gasteiger partial charge is 0.160 e. The van der Waals surface area contributed by atoms with Crippen LogP contribution in [0.2, 0.25) is 0 Å². The normalized spacial score (nSPS) is 23.7. The molecule has 2 rings (SSSR count). The van der Waals surface area contributed by atoms with Crippen molar-refractivity contribution < 1.29 is 19.4 Å². The Labute approximate surface area is 149 Å². The predicted octanol–water partition coefficient (Wildman–Crippen LogP) is 2.95. The van der Waals surface area contributed by atoms with Crippen molar-refractivity contribution in [2.75, 3.05) is 20.2 Å². The first-order valence-corrected chi connectivity index (χ1v) is 7.88. The summed E-state index contributed by atoms with van der Waals surface area (Å²) in [6.45, 7) is 5.68. The predicted molar refractivity (Wildman–Crippen MR) is 97.0 cm³/mol. The molecule has 1 aromatic carbocycles. The SMILES string of the molecule is COc1ccc(/C=C/C(=O)CCC2(C)CNCC(C)O2)cc1O.Cl. The number of hydrogen-bond donors (Lipinski definition) is 2. The molecule has 1 heterocycles. The van der Waals surface area contributed by atoms with E-state index in [1.54, 1.807) is 30.4 Å². The fourth-order valence-corrected chi connectivity index (χ4v) is 2.73. The summed E-state index contributed by atoms with van der Waals surface area (Å²) in [7, 11) is 1.50. The number of carbonyl (C=O) groups is 1. The van der Waals surface area contributed by atoms with Gasteiger partial charge in [0.05, 0.1) is 18.8 Å². The first-order chi connectivity index (χ1) is 10.9. The Bertz CT molecular complexity index is 590. The fourth-order valence-electron chi connectivity index (χ4n) is 2.73. The minimum Gasteiger partial charge on any atom is -0.504 e. The van der Waals surface area contributed by atoms with Crippen molar-refractivity contribution in [1.82, 2.24) is 5.32 Å². The van der Waals surface area contributed by atoms with E-state index in [9.17, 15) is 9.90 Å². The number of ether oxygens (including phenoxy) is 2. The van der Waals surface area contributed by atoms with Gasteiger partial charge in [0.25, 0.3) is 0 Å². The van der Waals surface area contributed by atoms with Gasteiger partial charge >= 0.3 is 0 Å². The molecule has 0 bridgehead atoms. The molecule has 1 aliphatic heterocycles. The third-order valence-electron chi connectivity index (χ3n) is 3.98. The van der Waals surface area contributed by atoms with Gasteiger partial charge in [0.15, 0.2) is 17.3 Å². The third-order valence-corrected chi connectivity index (χ3v) is 3.98. The molecule has 5 nitrogen and oxygen atoms in total. The van der Waals surface area contributed by atoms with Gasteiger partial charge < -0.3 is 19.9 Å². The second-order valence-electron chi connectivity index (χ2n) is 6.24. The van der Waals surface area contributed by atoms with Crippen LogP contribution in [0.3, 0.4) is 0 Å². The van der Waals surface area contributed by atoms with E-state index >= 15 is 0 Å². The van der Waals surface area contributed by atoms with E-state index in [1.807, 2.05) is 13.8 Å². The number of phenolic OH excluding ortho intramolecular Hbond substituents is 1. The number of nitrogens with one attached hydrogen (secondary N) is 1. The highest BCUT2D eigenvalue weighted by molar-refractivity contribution is 5.93. The molecule has 0 spiro atoms. The number of morpholine rings is 1. The fraction of sp³-hybridized carbons (Fsp3) is 0.500. The van der Waals surface area contributed by atoms with E-state index in [4.69, 9.17) is 9.47 Å². The molecule has 2 unspecified atom stereocenters. The molecule has 0 saturated carbocycles. The number of rotatable bonds is 6. The Hall–Kier alpha value is -1.56. The molecule has 2 N–H and O–H groups in total. The third kappa shape index (κ3) is 5.82. The molecular weight excluding hydrogens is 330 g/mol. The highest BCUT2D eigenvalue weighted by Crippen LogP contribution is 2.27. The Kier molecular flexibility index (Phi) is 7.73. The Morgan fingerprint density at radius 1 is 1.54 bits per heavy atom. The molecule has 6 heteroatoms. The maximum absolute atomic E-state index is 12.0. The lowest BCUT2D eigenvalue weighted by Gasteiger charge is -2.38. The monoisotopic (exact) mass is 355 g/mol. The lowest BCUT2D eigenvalue weighted by atomic mass is 9.96. The summed E-state index contributed by atoms with van der Waals surface area (Å²) in [5.74, 6) is 0.520. The molecule has 0 radical (unpaired) electrons. The standard InChI is InChI=1S/C18H25NO4.ClH/c1-13-11-19-12-18(2,23-13)9-8-15(20)6-4-14-5-7-17(22-3)16(21)10-14;/h4-7,10,13,19,21H,8-9,11-12H2,1-3H3;1H/b6-4+;. The Balaban J connectivity index is 0.00000288. The van der Waals surface area contributed by atoms with E-state index in [2.05, 4.69) is 5.32 Å². The summed E-state index contributed by atoms with van der Waals surface area (Å²) in [6.07, 6.45) is 4.53. The van der Waals surface area contributed by atoms with Crippen molar-refractivity contribution in [2.45, 2.75) is 38.4 Å². The number of methoxy groups -OCH3 is 1. The van der Waals surface area contributed by atoms with Crippen LogP contribution in [0.25, 0.3) is 6.08 Å². The van der Waals surface area contributed by atoms with Gasteiger partial charge in [-0.3, -0.25) is 4.79 Å². The highest BCUT2D eigenvalue weighted by Gasteiger charge is 2.31. The largest absolute Gasteiger partial charge is 0.504 e. The lowest BCUT2D eigenvalue weighted by Crippen LogP contribution is -2.51. The summed E-state index contributed by atoms with van der Waals surface area (Å²) in [5.41, 5.74) is 0.464. The van der Waals surface area contributed by atoms with Crippen LogP contribution < -0.4 is 10.1 Å². The molecule has 1 aromatic rings. The molecule has 2 atom stereocenters. The Morgan fingerprint density at radius 3 is 2.92 bits per heavy atom. The number of halogens is 1. The average Bonchev–Trinajstić information content (AvgIpc) is 2.51. The molecule has 1 saturated heterocycles. The zero-order valence-corrected chi connectivity index (χ0v) is 15.2. The van der Waals surface area contributed by atoms with Gasteiger partial charge in [0, 0.05) is 19.5 Å². The summed E-state index contributed by atoms with van der Waals surface area (Å²) in [6, 6.07) is 5.03. The molecule has 0 aliphatic carbocycles. The zero-order chi connectivity index (χ0) is 16.9. The zero-order valence-electron chi connectivity index (χ0n) is 14.4. The van der Waals surface area contributed by atoms with E-state index in [0.29, 0.717) is 18.6 Å². The minimum atomic E-state index is -0.292. The molecule has 1 aliphatic rings. The molecule has 24 heavy (non-hydrogen) atoms. The quantitative estimate of drug-likeness (QED) is 0.768. The number of aromatic hydroxyl groups is 1. The van der Waals surface area contributed by atoms with Crippen molar-refractivity contribution in [2.24, 2.45) is 0 Å². The van der Waals surface area contributed by atoms with Crippen molar-refractivity contribution in [3.8, 4) is 11.5 Å². The highest BCUT2D eigenvalue weighted by atomic mass is 35.5. The molecule has 0 aromatic heterocycles. The average molecular weight is 356 g/mol. The topological polar surface area (TPSA) is 67.8 Å². The number of carbonyl (C=O) groups excluding carboxylic acids is 1. The van der Waals surface area contributed by atoms with Crippen LogP contribution in [0.1, 0.15) is 32.3 Å². The first kappa shape index (κ1) is 20.5. The van der Waals surface area contributed by atoms with Crippen molar-refractivity contribution in [3.05, 3.63) is 29.8 Å². The van der Waals surface area contributed by atoms with Crippen molar-refractivity contribution in [3.63, 3.8) is 0 Å². The van der Waals surface area contributed by atoms with Crippen LogP contribution in [0.4, 0.5) is 0 Å². The lowest BCUT2D eigenvalue weighted by molar-refractivity contribution is -0.121. The van der Waals surface area contributed by atoms with Crippen LogP contribution in [0, 0.1) is 0 Å². The minimum absolute atomic E-state index is 0. The van der Waals surface area contributed by atoms with Gasteiger partial charge in [-0.15, -0.1) is 12.4 Å². The van der Waals surface area contributed by atoms with Gasteiger partial charge in [0.1, 0.15) is 0 Å². The maximum Gasteiger partial charge on any atom is 0.160 e. The van der Waals surface area contributed by atoms with Crippen LogP contribution >= 0.6 is 12.4 Å². The van der Waals surface area contributed by atoms with E-state index in [-0.39, 0.29) is 35.6 Å². The molecular formula is C18H26ClNO4. The van der Waals surface area contributed by atoms with E-state index in [0.717, 1.165) is 18.7 Å². The summed E-state index contributed by atoms with van der Waals surface area (Å²) in [4.78, 5) is 12.0. The van der Waals surface area contributed by atoms with Crippen LogP contribution in [0.5, 0.6) is 11.5 Å². The van der Waals surface area contributed by atoms with Crippen LogP contribution in [-0.4, -0.2) is 42.8 Å². The summed E-state index contributed by atoms with van der Waals surface area (Å²) < 4.78 is 10.9. The summed E-state index contributed by atoms with van der Waals surface area (Å²) in [5, 5.41) is 13.1. The second-order valence-corrected chi connectivity index (χ2v) is 6.24. The van der Waals surface area contributed by atoms with E-state index in [1.165, 1.54) is 7.11 Å². The number of ketones is 1. The van der Waals surface area contributed by atoms with E-state index < -0.39 is 0 Å². The molecule has 134 valence electrons. The second kappa shape index (κ2) is 9.06. The van der Waals surface area contributed by atoms with Gasteiger partial charge in [0.2, 0.25) is 0 Å². The Morgan fingerprint density at radius 2 is 2.29 bits per heavy atom. The molecule has 1 fully saturated rings. The van der Waals surface area contributed by atoms with Crippen LogP contribution in [-0.2, 0) is 9.53 Å². The number of benzene rings is 1. The van der Waals surface area contributed by atoms with Crippen molar-refractivity contribution >= 4 is 24.3 Å². The van der Waals surface area contributed by atoms with Crippen molar-refractivity contribution in [1.29, 1.82) is 0 Å². The van der Waals surface area contributed by atoms with Gasteiger partial charge in [-0.25, -0.2) is 0 Å². The number of phenols is 1. The van der Waals surface area contributed by atoms with Crippen LogP contribution in [0.15, 0.2) is 24.3 Å². The van der Waals surface area contributed by atoms with Gasteiger partial charge in [-0.2, -0.15) is 0 Å². The van der Waals surface area contributed by atoms with Gasteiger partial charge in [-0.1, -0.05) is 12.1 Å². The summed E-state index contributed by atoms with van der Waals surface area (Å²) >= 11 is 0. The number of hydrogen-bond acceptors (Lipinski definition) is 5.